The van der Waals surface area contributed by atoms with E-state index in [1.807, 2.05) is 18.2 Å². The van der Waals surface area contributed by atoms with Crippen molar-refractivity contribution in [2.75, 3.05) is 6.54 Å². The maximum absolute atomic E-state index is 12.3. The van der Waals surface area contributed by atoms with Crippen LogP contribution in [0.15, 0.2) is 33.8 Å². The van der Waals surface area contributed by atoms with Crippen molar-refractivity contribution in [3.05, 3.63) is 39.4 Å². The van der Waals surface area contributed by atoms with Crippen molar-refractivity contribution in [1.82, 2.24) is 14.9 Å². The predicted octanol–water partition coefficient (Wildman–Crippen LogP) is 2.55. The van der Waals surface area contributed by atoms with Gasteiger partial charge in [0.05, 0.1) is 17.2 Å². The molecule has 0 aliphatic rings. The number of hydrogen-bond donors (Lipinski definition) is 1. The topological polar surface area (TPSA) is 46.9 Å². The van der Waals surface area contributed by atoms with Gasteiger partial charge in [-0.05, 0) is 31.5 Å². The molecule has 0 radical (unpaired) electrons. The molecule has 1 aromatic carbocycles. The lowest BCUT2D eigenvalue weighted by atomic mass is 10.2. The third-order valence-corrected chi connectivity index (χ3v) is 3.74. The Bertz CT molecular complexity index is 624. The summed E-state index contributed by atoms with van der Waals surface area (Å²) >= 11 is 3.38. The SMILES string of the molecule is CCC(C)NCCn1cnc2ccc(Br)cc2c1=O. The van der Waals surface area contributed by atoms with E-state index in [1.165, 1.54) is 0 Å². The van der Waals surface area contributed by atoms with E-state index in [0.717, 1.165) is 23.0 Å². The van der Waals surface area contributed by atoms with Gasteiger partial charge in [0.1, 0.15) is 0 Å². The molecule has 102 valence electrons. The quantitative estimate of drug-likeness (QED) is 0.919. The summed E-state index contributed by atoms with van der Waals surface area (Å²) in [4.78, 5) is 16.6. The first kappa shape index (κ1) is 14.2. The van der Waals surface area contributed by atoms with E-state index in [-0.39, 0.29) is 5.56 Å². The number of rotatable bonds is 5. The van der Waals surface area contributed by atoms with Gasteiger partial charge in [0.15, 0.2) is 0 Å². The Morgan fingerprint density at radius 3 is 3.00 bits per heavy atom. The average Bonchev–Trinajstić information content (AvgIpc) is 2.41. The predicted molar refractivity (Wildman–Crippen MR) is 81.5 cm³/mol. The first-order valence-electron chi connectivity index (χ1n) is 6.50. The van der Waals surface area contributed by atoms with Crippen LogP contribution in [0.2, 0.25) is 0 Å². The van der Waals surface area contributed by atoms with Gasteiger partial charge in [-0.25, -0.2) is 4.98 Å². The van der Waals surface area contributed by atoms with Crippen molar-refractivity contribution < 1.29 is 0 Å². The lowest BCUT2D eigenvalue weighted by Crippen LogP contribution is -2.32. The fourth-order valence-corrected chi connectivity index (χ4v) is 2.23. The van der Waals surface area contributed by atoms with Crippen LogP contribution in [0.25, 0.3) is 10.9 Å². The largest absolute Gasteiger partial charge is 0.312 e. The molecule has 1 N–H and O–H groups in total. The zero-order chi connectivity index (χ0) is 13.8. The summed E-state index contributed by atoms with van der Waals surface area (Å²) in [5.41, 5.74) is 0.747. The van der Waals surface area contributed by atoms with Crippen LogP contribution < -0.4 is 10.9 Å². The van der Waals surface area contributed by atoms with Crippen molar-refractivity contribution in [3.8, 4) is 0 Å². The molecule has 4 nitrogen and oxygen atoms in total. The number of fused-ring (bicyclic) bond motifs is 1. The highest BCUT2D eigenvalue weighted by atomic mass is 79.9. The highest BCUT2D eigenvalue weighted by Crippen LogP contribution is 2.14. The molecule has 0 saturated carbocycles. The Balaban J connectivity index is 2.20. The van der Waals surface area contributed by atoms with Gasteiger partial charge in [-0.2, -0.15) is 0 Å². The van der Waals surface area contributed by atoms with E-state index in [4.69, 9.17) is 0 Å². The molecule has 1 unspecified atom stereocenters. The van der Waals surface area contributed by atoms with Crippen molar-refractivity contribution in [1.29, 1.82) is 0 Å². The molecule has 5 heteroatoms. The van der Waals surface area contributed by atoms with Crippen LogP contribution in [0, 0.1) is 0 Å². The highest BCUT2D eigenvalue weighted by Gasteiger charge is 2.05. The molecule has 19 heavy (non-hydrogen) atoms. The first-order valence-corrected chi connectivity index (χ1v) is 7.29. The van der Waals surface area contributed by atoms with E-state index in [9.17, 15) is 4.79 Å². The summed E-state index contributed by atoms with van der Waals surface area (Å²) in [5.74, 6) is 0. The maximum atomic E-state index is 12.3. The maximum Gasteiger partial charge on any atom is 0.261 e. The van der Waals surface area contributed by atoms with Gasteiger partial charge >= 0.3 is 0 Å². The van der Waals surface area contributed by atoms with Gasteiger partial charge in [0, 0.05) is 23.6 Å². The molecule has 0 bridgehead atoms. The normalized spacial score (nSPS) is 12.8. The van der Waals surface area contributed by atoms with E-state index < -0.39 is 0 Å². The van der Waals surface area contributed by atoms with Crippen LogP contribution in [0.3, 0.4) is 0 Å². The molecule has 0 fully saturated rings. The Hall–Kier alpha value is -1.20. The standard InChI is InChI=1S/C14H18BrN3O/c1-3-10(2)16-6-7-18-9-17-13-5-4-11(15)8-12(13)14(18)19/h4-5,8-10,16H,3,6-7H2,1-2H3. The molecule has 0 amide bonds. The molecular weight excluding hydrogens is 306 g/mol. The minimum atomic E-state index is 0.0113. The number of hydrogen-bond acceptors (Lipinski definition) is 3. The van der Waals surface area contributed by atoms with E-state index in [1.54, 1.807) is 10.9 Å². The number of halogens is 1. The molecule has 1 aromatic heterocycles. The van der Waals surface area contributed by atoms with Crippen LogP contribution >= 0.6 is 15.9 Å². The zero-order valence-corrected chi connectivity index (χ0v) is 12.8. The smallest absolute Gasteiger partial charge is 0.261 e. The Morgan fingerprint density at radius 1 is 1.47 bits per heavy atom. The van der Waals surface area contributed by atoms with Crippen LogP contribution in [0.4, 0.5) is 0 Å². The zero-order valence-electron chi connectivity index (χ0n) is 11.2. The summed E-state index contributed by atoms with van der Waals surface area (Å²) in [7, 11) is 0. The molecule has 0 saturated heterocycles. The van der Waals surface area contributed by atoms with E-state index >= 15 is 0 Å². The second kappa shape index (κ2) is 6.30. The highest BCUT2D eigenvalue weighted by molar-refractivity contribution is 9.10. The molecule has 1 heterocycles. The summed E-state index contributed by atoms with van der Waals surface area (Å²) in [6.07, 6.45) is 2.70. The molecule has 0 aliphatic heterocycles. The minimum absolute atomic E-state index is 0.0113. The van der Waals surface area contributed by atoms with Crippen molar-refractivity contribution in [2.24, 2.45) is 0 Å². The number of nitrogens with one attached hydrogen (secondary N) is 1. The third-order valence-electron chi connectivity index (χ3n) is 3.24. The van der Waals surface area contributed by atoms with Gasteiger partial charge in [-0.1, -0.05) is 22.9 Å². The Morgan fingerprint density at radius 2 is 2.26 bits per heavy atom. The van der Waals surface area contributed by atoms with E-state index in [2.05, 4.69) is 40.1 Å². The van der Waals surface area contributed by atoms with Gasteiger partial charge in [0.2, 0.25) is 0 Å². The summed E-state index contributed by atoms with van der Waals surface area (Å²) in [5, 5.41) is 4.02. The van der Waals surface area contributed by atoms with Gasteiger partial charge < -0.3 is 5.32 Å². The minimum Gasteiger partial charge on any atom is -0.312 e. The summed E-state index contributed by atoms with van der Waals surface area (Å²) < 4.78 is 2.55. The van der Waals surface area contributed by atoms with Gasteiger partial charge in [-0.15, -0.1) is 0 Å². The third kappa shape index (κ3) is 3.42. The molecular formula is C14H18BrN3O. The Labute approximate surface area is 121 Å². The number of nitrogens with zero attached hydrogens (tertiary/aromatic N) is 2. The molecule has 0 spiro atoms. The van der Waals surface area contributed by atoms with Gasteiger partial charge in [0.25, 0.3) is 5.56 Å². The molecule has 2 aromatic rings. The van der Waals surface area contributed by atoms with Crippen LogP contribution in [-0.2, 0) is 6.54 Å². The van der Waals surface area contributed by atoms with E-state index in [0.29, 0.717) is 18.0 Å². The number of aromatic nitrogens is 2. The van der Waals surface area contributed by atoms with Crippen LogP contribution in [0.1, 0.15) is 20.3 Å². The van der Waals surface area contributed by atoms with Crippen molar-refractivity contribution in [3.63, 3.8) is 0 Å². The van der Waals surface area contributed by atoms with Crippen LogP contribution in [0.5, 0.6) is 0 Å². The monoisotopic (exact) mass is 323 g/mol. The molecule has 0 aliphatic carbocycles. The average molecular weight is 324 g/mol. The summed E-state index contributed by atoms with van der Waals surface area (Å²) in [6.45, 7) is 5.69. The second-order valence-electron chi connectivity index (χ2n) is 4.67. The van der Waals surface area contributed by atoms with Crippen molar-refractivity contribution >= 4 is 26.8 Å². The van der Waals surface area contributed by atoms with Crippen molar-refractivity contribution in [2.45, 2.75) is 32.9 Å². The Kier molecular flexibility index (Phi) is 4.71. The fourth-order valence-electron chi connectivity index (χ4n) is 1.87. The van der Waals surface area contributed by atoms with Gasteiger partial charge in [-0.3, -0.25) is 9.36 Å². The first-order chi connectivity index (χ1) is 9.11. The summed E-state index contributed by atoms with van der Waals surface area (Å²) in [6, 6.07) is 6.04. The lowest BCUT2D eigenvalue weighted by Gasteiger charge is -2.12. The number of benzene rings is 1. The fraction of sp³-hybridized carbons (Fsp3) is 0.429. The second-order valence-corrected chi connectivity index (χ2v) is 5.58. The molecule has 1 atom stereocenters. The lowest BCUT2D eigenvalue weighted by molar-refractivity contribution is 0.499. The molecule has 2 rings (SSSR count). The van der Waals surface area contributed by atoms with Crippen LogP contribution in [-0.4, -0.2) is 22.1 Å².